The van der Waals surface area contributed by atoms with Crippen LogP contribution in [-0.4, -0.2) is 5.11 Å². The first-order chi connectivity index (χ1) is 7.36. The number of pyridine rings is 2. The van der Waals surface area contributed by atoms with Crippen molar-refractivity contribution in [3.8, 4) is 5.88 Å². The number of hydrogen-bond acceptors (Lipinski definition) is 1. The fourth-order valence-corrected chi connectivity index (χ4v) is 1.91. The lowest BCUT2D eigenvalue weighted by Gasteiger charge is -1.97. The van der Waals surface area contributed by atoms with Crippen LogP contribution < -0.4 is 4.40 Å². The molecule has 0 radical (unpaired) electrons. The molecule has 0 aliphatic carbocycles. The lowest BCUT2D eigenvalue weighted by molar-refractivity contribution is -0.493. The Morgan fingerprint density at radius 3 is 2.60 bits per heavy atom. The van der Waals surface area contributed by atoms with E-state index in [1.54, 1.807) is 6.07 Å². The van der Waals surface area contributed by atoms with E-state index < -0.39 is 0 Å². The van der Waals surface area contributed by atoms with Crippen molar-refractivity contribution < 1.29 is 9.51 Å². The van der Waals surface area contributed by atoms with Crippen LogP contribution in [0.5, 0.6) is 5.88 Å². The molecule has 0 unspecified atom stereocenters. The van der Waals surface area contributed by atoms with Gasteiger partial charge < -0.3 is 5.11 Å². The molecule has 2 nitrogen and oxygen atoms in total. The molecule has 0 spiro atoms. The number of nitrogens with zero attached hydrogens (tertiary/aromatic N) is 1. The van der Waals surface area contributed by atoms with Crippen molar-refractivity contribution >= 4 is 16.4 Å². The molecule has 0 aliphatic heterocycles. The topological polar surface area (TPSA) is 24.3 Å². The van der Waals surface area contributed by atoms with Gasteiger partial charge in [0.2, 0.25) is 11.0 Å². The molecule has 0 bridgehead atoms. The Kier molecular flexibility index (Phi) is 1.62. The van der Waals surface area contributed by atoms with Gasteiger partial charge in [-0.15, -0.1) is 4.40 Å². The van der Waals surface area contributed by atoms with E-state index in [0.29, 0.717) is 0 Å². The summed E-state index contributed by atoms with van der Waals surface area (Å²) in [6.45, 7) is 0. The van der Waals surface area contributed by atoms with E-state index in [-0.39, 0.29) is 5.88 Å². The number of aromatic nitrogens is 1. The number of fused-ring (bicyclic) bond motifs is 3. The predicted octanol–water partition coefficient (Wildman–Crippen LogP) is 2.28. The zero-order valence-electron chi connectivity index (χ0n) is 8.09. The van der Waals surface area contributed by atoms with Crippen molar-refractivity contribution in [3.05, 3.63) is 54.6 Å². The minimum absolute atomic E-state index is 0.268. The third-order valence-corrected chi connectivity index (χ3v) is 2.61. The molecule has 3 rings (SSSR count). The highest BCUT2D eigenvalue weighted by Gasteiger charge is 2.11. The molecule has 72 valence electrons. The summed E-state index contributed by atoms with van der Waals surface area (Å²) in [5.74, 6) is 0.268. The van der Waals surface area contributed by atoms with Crippen LogP contribution in [0.4, 0.5) is 0 Å². The molecule has 0 atom stereocenters. The molecule has 2 aromatic heterocycles. The maximum Gasteiger partial charge on any atom is 0.371 e. The standard InChI is InChI=1S/C13H9NO/c15-13-7-3-5-11-9-8-10-4-1-2-6-12(10)14(11)13/h1-9H/p+1. The van der Waals surface area contributed by atoms with Crippen molar-refractivity contribution in [1.82, 2.24) is 0 Å². The van der Waals surface area contributed by atoms with Gasteiger partial charge in [-0.25, -0.2) is 0 Å². The molecular weight excluding hydrogens is 186 g/mol. The van der Waals surface area contributed by atoms with Crippen LogP contribution in [0.3, 0.4) is 0 Å². The Balaban J connectivity index is 2.64. The molecule has 1 aromatic carbocycles. The Hall–Kier alpha value is -2.09. The average Bonchev–Trinajstić information content (AvgIpc) is 2.29. The normalized spacial score (nSPS) is 10.9. The summed E-state index contributed by atoms with van der Waals surface area (Å²) in [5.41, 5.74) is 2.02. The van der Waals surface area contributed by atoms with E-state index in [4.69, 9.17) is 0 Å². The van der Waals surface area contributed by atoms with Crippen LogP contribution in [0.15, 0.2) is 54.6 Å². The lowest BCUT2D eigenvalue weighted by Crippen LogP contribution is -2.22. The van der Waals surface area contributed by atoms with Gasteiger partial charge in [-0.3, -0.25) is 0 Å². The molecule has 0 fully saturated rings. The van der Waals surface area contributed by atoms with Crippen LogP contribution in [0, 0.1) is 0 Å². The molecule has 15 heavy (non-hydrogen) atoms. The zero-order valence-corrected chi connectivity index (χ0v) is 8.09. The van der Waals surface area contributed by atoms with Gasteiger partial charge in [0.05, 0.1) is 6.07 Å². The lowest BCUT2D eigenvalue weighted by atomic mass is 10.2. The van der Waals surface area contributed by atoms with Crippen molar-refractivity contribution in [1.29, 1.82) is 0 Å². The summed E-state index contributed by atoms with van der Waals surface area (Å²) in [7, 11) is 0. The SMILES string of the molecule is Oc1cccc2ccc3ccccc3[n+]12. The highest BCUT2D eigenvalue weighted by Crippen LogP contribution is 2.14. The highest BCUT2D eigenvalue weighted by molar-refractivity contribution is 5.77. The van der Waals surface area contributed by atoms with Crippen LogP contribution >= 0.6 is 0 Å². The molecule has 0 saturated heterocycles. The van der Waals surface area contributed by atoms with Crippen molar-refractivity contribution in [3.63, 3.8) is 0 Å². The van der Waals surface area contributed by atoms with Gasteiger partial charge in [0.15, 0.2) is 0 Å². The van der Waals surface area contributed by atoms with E-state index >= 15 is 0 Å². The summed E-state index contributed by atoms with van der Waals surface area (Å²) in [5, 5.41) is 11.0. The van der Waals surface area contributed by atoms with Gasteiger partial charge >= 0.3 is 5.88 Å². The number of benzene rings is 1. The second-order valence-corrected chi connectivity index (χ2v) is 3.54. The van der Waals surface area contributed by atoms with E-state index in [1.165, 1.54) is 0 Å². The quantitative estimate of drug-likeness (QED) is 0.433. The number of aromatic hydroxyl groups is 1. The minimum Gasteiger partial charge on any atom is -0.459 e. The second-order valence-electron chi connectivity index (χ2n) is 3.54. The fourth-order valence-electron chi connectivity index (χ4n) is 1.91. The predicted molar refractivity (Wildman–Crippen MR) is 58.8 cm³/mol. The third kappa shape index (κ3) is 1.15. The Morgan fingerprint density at radius 1 is 0.800 bits per heavy atom. The van der Waals surface area contributed by atoms with Crippen molar-refractivity contribution in [2.75, 3.05) is 0 Å². The van der Waals surface area contributed by atoms with Crippen molar-refractivity contribution in [2.45, 2.75) is 0 Å². The molecule has 2 heterocycles. The zero-order chi connectivity index (χ0) is 10.3. The molecule has 0 saturated carbocycles. The number of hydrogen-bond donors (Lipinski definition) is 1. The smallest absolute Gasteiger partial charge is 0.371 e. The summed E-state index contributed by atoms with van der Waals surface area (Å²) in [6.07, 6.45) is 0. The Morgan fingerprint density at radius 2 is 1.67 bits per heavy atom. The van der Waals surface area contributed by atoms with Gasteiger partial charge in [0, 0.05) is 23.6 Å². The summed E-state index contributed by atoms with van der Waals surface area (Å²) >= 11 is 0. The average molecular weight is 196 g/mol. The van der Waals surface area contributed by atoms with E-state index in [2.05, 4.69) is 6.07 Å². The Labute approximate surface area is 87.0 Å². The summed E-state index contributed by atoms with van der Waals surface area (Å²) in [4.78, 5) is 0. The largest absolute Gasteiger partial charge is 0.459 e. The number of para-hydroxylation sites is 1. The highest BCUT2D eigenvalue weighted by atomic mass is 16.3. The maximum absolute atomic E-state index is 9.83. The van der Waals surface area contributed by atoms with Crippen LogP contribution in [-0.2, 0) is 0 Å². The van der Waals surface area contributed by atoms with Gasteiger partial charge in [-0.05, 0) is 18.2 Å². The molecule has 1 N–H and O–H groups in total. The third-order valence-electron chi connectivity index (χ3n) is 2.61. The molecule has 0 amide bonds. The molecule has 3 aromatic rings. The minimum atomic E-state index is 0.268. The van der Waals surface area contributed by atoms with Gasteiger partial charge in [-0.1, -0.05) is 12.1 Å². The first-order valence-corrected chi connectivity index (χ1v) is 4.88. The van der Waals surface area contributed by atoms with Crippen molar-refractivity contribution in [2.24, 2.45) is 0 Å². The molecular formula is C13H10NO+. The van der Waals surface area contributed by atoms with Gasteiger partial charge in [0.25, 0.3) is 0 Å². The van der Waals surface area contributed by atoms with Crippen LogP contribution in [0.2, 0.25) is 0 Å². The van der Waals surface area contributed by atoms with E-state index in [9.17, 15) is 5.11 Å². The van der Waals surface area contributed by atoms with Gasteiger partial charge in [0.1, 0.15) is 0 Å². The number of rotatable bonds is 0. The van der Waals surface area contributed by atoms with Crippen LogP contribution in [0.25, 0.3) is 16.4 Å². The van der Waals surface area contributed by atoms with E-state index in [0.717, 1.165) is 16.4 Å². The monoisotopic (exact) mass is 196 g/mol. The summed E-state index contributed by atoms with van der Waals surface area (Å²) in [6, 6.07) is 17.6. The van der Waals surface area contributed by atoms with Crippen LogP contribution in [0.1, 0.15) is 0 Å². The fraction of sp³-hybridized carbons (Fsp3) is 0. The maximum atomic E-state index is 9.83. The Bertz CT molecular complexity index is 646. The first-order valence-electron chi connectivity index (χ1n) is 4.88. The summed E-state index contributed by atoms with van der Waals surface area (Å²) < 4.78 is 1.84. The molecule has 2 heteroatoms. The molecule has 0 aliphatic rings. The first kappa shape index (κ1) is 8.24. The van der Waals surface area contributed by atoms with Gasteiger partial charge in [-0.2, -0.15) is 0 Å². The van der Waals surface area contributed by atoms with E-state index in [1.807, 2.05) is 46.9 Å². The second kappa shape index (κ2) is 2.95.